The summed E-state index contributed by atoms with van der Waals surface area (Å²) in [5.74, 6) is 2.07. The molecule has 2 aliphatic heterocycles. The molecule has 0 aliphatic carbocycles. The fourth-order valence-corrected chi connectivity index (χ4v) is 3.66. The van der Waals surface area contributed by atoms with Crippen LogP contribution in [0.25, 0.3) is 0 Å². The summed E-state index contributed by atoms with van der Waals surface area (Å²) < 4.78 is 5.79. The van der Waals surface area contributed by atoms with Crippen LogP contribution < -0.4 is 16.0 Å². The fourth-order valence-electron chi connectivity index (χ4n) is 3.66. The zero-order chi connectivity index (χ0) is 18.0. The third kappa shape index (κ3) is 4.03. The summed E-state index contributed by atoms with van der Waals surface area (Å²) in [4.78, 5) is 23.2. The maximum absolute atomic E-state index is 12.5. The lowest BCUT2D eigenvalue weighted by molar-refractivity contribution is -0.118. The topological polar surface area (TPSA) is 93.4 Å². The van der Waals surface area contributed by atoms with Crippen LogP contribution in [-0.2, 0) is 16.0 Å². The largest absolute Gasteiger partial charge is 0.383 e. The number of nitrogens with zero attached hydrogens (tertiary/aromatic N) is 3. The molecule has 1 atom stereocenters. The number of carbonyl (C=O) groups excluding carboxylic acids is 1. The van der Waals surface area contributed by atoms with Crippen molar-refractivity contribution in [2.24, 2.45) is 5.92 Å². The van der Waals surface area contributed by atoms with Gasteiger partial charge in [-0.2, -0.15) is 9.97 Å². The Labute approximate surface area is 149 Å². The van der Waals surface area contributed by atoms with Crippen LogP contribution >= 0.6 is 0 Å². The monoisotopic (exact) mass is 347 g/mol. The molecule has 0 saturated carbocycles. The lowest BCUT2D eigenvalue weighted by atomic mass is 9.88. The number of nitrogens with one attached hydrogen (secondary N) is 1. The minimum absolute atomic E-state index is 0.0611. The number of nitrogens with two attached hydrogens (primary N) is 1. The Bertz CT molecular complexity index is 647. The van der Waals surface area contributed by atoms with Gasteiger partial charge in [0.2, 0.25) is 11.9 Å². The highest BCUT2D eigenvalue weighted by atomic mass is 16.5. The highest BCUT2D eigenvalue weighted by Gasteiger charge is 2.36. The standard InChI is InChI=1S/C18H29N5O2/c1-4-5-7-20-17-21-15(19)13-9-14(24)23(16(13)22-17)11-12-6-8-25-18(2,3)10-12/h12H,4-11H2,1-3H3,(H3,19,20,21,22). The average molecular weight is 347 g/mol. The maximum Gasteiger partial charge on any atom is 0.232 e. The molecule has 1 saturated heterocycles. The van der Waals surface area contributed by atoms with Gasteiger partial charge in [-0.1, -0.05) is 13.3 Å². The van der Waals surface area contributed by atoms with E-state index in [1.807, 2.05) is 0 Å². The van der Waals surface area contributed by atoms with E-state index in [-0.39, 0.29) is 11.5 Å². The summed E-state index contributed by atoms with van der Waals surface area (Å²) in [6, 6.07) is 0. The smallest absolute Gasteiger partial charge is 0.232 e. The van der Waals surface area contributed by atoms with E-state index in [4.69, 9.17) is 10.5 Å². The van der Waals surface area contributed by atoms with E-state index in [0.29, 0.717) is 36.5 Å². The fraction of sp³-hybridized carbons (Fsp3) is 0.722. The van der Waals surface area contributed by atoms with E-state index < -0.39 is 0 Å². The van der Waals surface area contributed by atoms with Crippen molar-refractivity contribution >= 4 is 23.5 Å². The number of fused-ring (bicyclic) bond motifs is 1. The van der Waals surface area contributed by atoms with Gasteiger partial charge in [0.05, 0.1) is 12.0 Å². The molecule has 7 nitrogen and oxygen atoms in total. The number of anilines is 3. The molecule has 1 amide bonds. The third-order valence-corrected chi connectivity index (χ3v) is 4.96. The molecule has 1 fully saturated rings. The van der Waals surface area contributed by atoms with E-state index in [1.165, 1.54) is 0 Å². The van der Waals surface area contributed by atoms with Gasteiger partial charge >= 0.3 is 0 Å². The van der Waals surface area contributed by atoms with E-state index in [2.05, 4.69) is 36.1 Å². The third-order valence-electron chi connectivity index (χ3n) is 4.96. The zero-order valence-electron chi connectivity index (χ0n) is 15.5. The first-order chi connectivity index (χ1) is 11.9. The number of amides is 1. The minimum atomic E-state index is -0.133. The Hall–Kier alpha value is -1.89. The number of carbonyl (C=O) groups is 1. The van der Waals surface area contributed by atoms with Gasteiger partial charge in [-0.15, -0.1) is 0 Å². The van der Waals surface area contributed by atoms with E-state index in [9.17, 15) is 4.79 Å². The molecule has 0 radical (unpaired) electrons. The Balaban J connectivity index is 1.77. The van der Waals surface area contributed by atoms with Crippen molar-refractivity contribution in [2.75, 3.05) is 35.6 Å². The van der Waals surface area contributed by atoms with Crippen molar-refractivity contribution in [3.8, 4) is 0 Å². The van der Waals surface area contributed by atoms with Gasteiger partial charge in [-0.25, -0.2) is 0 Å². The second-order valence-electron chi connectivity index (χ2n) is 7.66. The van der Waals surface area contributed by atoms with Crippen LogP contribution in [0.5, 0.6) is 0 Å². The molecule has 3 rings (SSSR count). The summed E-state index contributed by atoms with van der Waals surface area (Å²) in [7, 11) is 0. The summed E-state index contributed by atoms with van der Waals surface area (Å²) >= 11 is 0. The normalized spacial score (nSPS) is 22.1. The van der Waals surface area contributed by atoms with Gasteiger partial charge in [-0.05, 0) is 39.0 Å². The van der Waals surface area contributed by atoms with Crippen molar-refractivity contribution in [2.45, 2.75) is 58.5 Å². The Kier molecular flexibility index (Phi) is 5.13. The Morgan fingerprint density at radius 3 is 2.92 bits per heavy atom. The van der Waals surface area contributed by atoms with Crippen molar-refractivity contribution in [3.63, 3.8) is 0 Å². The van der Waals surface area contributed by atoms with Crippen molar-refractivity contribution in [1.82, 2.24) is 9.97 Å². The summed E-state index contributed by atoms with van der Waals surface area (Å²) in [5.41, 5.74) is 6.72. The number of nitrogen functional groups attached to an aromatic ring is 1. The van der Waals surface area contributed by atoms with E-state index >= 15 is 0 Å². The van der Waals surface area contributed by atoms with Crippen LogP contribution in [0.1, 0.15) is 52.0 Å². The van der Waals surface area contributed by atoms with Crippen LogP contribution in [0, 0.1) is 5.92 Å². The molecule has 0 spiro atoms. The van der Waals surface area contributed by atoms with Crippen molar-refractivity contribution in [1.29, 1.82) is 0 Å². The van der Waals surface area contributed by atoms with E-state index in [0.717, 1.165) is 44.4 Å². The molecule has 0 aromatic carbocycles. The van der Waals surface area contributed by atoms with Crippen molar-refractivity contribution in [3.05, 3.63) is 5.56 Å². The molecule has 1 aromatic heterocycles. The number of hydrogen-bond donors (Lipinski definition) is 2. The highest BCUT2D eigenvalue weighted by Crippen LogP contribution is 2.35. The number of aromatic nitrogens is 2. The van der Waals surface area contributed by atoms with E-state index in [1.54, 1.807) is 4.90 Å². The Morgan fingerprint density at radius 2 is 2.20 bits per heavy atom. The van der Waals surface area contributed by atoms with Gasteiger partial charge in [0, 0.05) is 25.3 Å². The summed E-state index contributed by atoms with van der Waals surface area (Å²) in [6.07, 6.45) is 4.33. The van der Waals surface area contributed by atoms with Crippen LogP contribution in [0.15, 0.2) is 0 Å². The predicted molar refractivity (Wildman–Crippen MR) is 98.7 cm³/mol. The number of hydrogen-bond acceptors (Lipinski definition) is 6. The molecule has 3 N–H and O–H groups in total. The first kappa shape index (κ1) is 17.9. The van der Waals surface area contributed by atoms with Gasteiger partial charge in [-0.3, -0.25) is 9.69 Å². The minimum Gasteiger partial charge on any atom is -0.383 e. The van der Waals surface area contributed by atoms with Crippen LogP contribution in [0.4, 0.5) is 17.6 Å². The lowest BCUT2D eigenvalue weighted by Crippen LogP contribution is -2.40. The SMILES string of the molecule is CCCCNc1nc(N)c2c(n1)N(CC1CCOC(C)(C)C1)C(=O)C2. The van der Waals surface area contributed by atoms with Gasteiger partial charge in [0.15, 0.2) is 0 Å². The van der Waals surface area contributed by atoms with Crippen molar-refractivity contribution < 1.29 is 9.53 Å². The molecule has 0 bridgehead atoms. The summed E-state index contributed by atoms with van der Waals surface area (Å²) in [6.45, 7) is 8.56. The molecular weight excluding hydrogens is 318 g/mol. The maximum atomic E-state index is 12.5. The van der Waals surface area contributed by atoms with Crippen LogP contribution in [0.2, 0.25) is 0 Å². The predicted octanol–water partition coefficient (Wildman–Crippen LogP) is 2.37. The highest BCUT2D eigenvalue weighted by molar-refractivity contribution is 6.01. The number of rotatable bonds is 6. The number of ether oxygens (including phenoxy) is 1. The zero-order valence-corrected chi connectivity index (χ0v) is 15.5. The second-order valence-corrected chi connectivity index (χ2v) is 7.66. The molecule has 1 unspecified atom stereocenters. The molecule has 138 valence electrons. The van der Waals surface area contributed by atoms with Gasteiger partial charge < -0.3 is 15.8 Å². The first-order valence-corrected chi connectivity index (χ1v) is 9.24. The van der Waals surface area contributed by atoms with Crippen LogP contribution in [0.3, 0.4) is 0 Å². The quantitative estimate of drug-likeness (QED) is 0.767. The molecule has 3 heterocycles. The molecule has 1 aromatic rings. The average Bonchev–Trinajstić information content (AvgIpc) is 2.84. The lowest BCUT2D eigenvalue weighted by Gasteiger charge is -2.37. The van der Waals surface area contributed by atoms with Crippen LogP contribution in [-0.4, -0.2) is 41.2 Å². The molecular formula is C18H29N5O2. The van der Waals surface area contributed by atoms with Gasteiger partial charge in [0.25, 0.3) is 0 Å². The Morgan fingerprint density at radius 1 is 1.40 bits per heavy atom. The molecule has 25 heavy (non-hydrogen) atoms. The number of unbranched alkanes of at least 4 members (excludes halogenated alkanes) is 1. The first-order valence-electron chi connectivity index (χ1n) is 9.24. The summed E-state index contributed by atoms with van der Waals surface area (Å²) in [5, 5.41) is 3.21. The molecule has 7 heteroatoms. The van der Waals surface area contributed by atoms with Gasteiger partial charge in [0.1, 0.15) is 11.6 Å². The second kappa shape index (κ2) is 7.15. The molecule has 2 aliphatic rings.